The summed E-state index contributed by atoms with van der Waals surface area (Å²) in [5.74, 6) is 1.53. The first-order chi connectivity index (χ1) is 13.8. The van der Waals surface area contributed by atoms with Crippen molar-refractivity contribution in [2.24, 2.45) is 11.3 Å². The molecule has 1 aromatic carbocycles. The van der Waals surface area contributed by atoms with Gasteiger partial charge in [-0.3, -0.25) is 4.79 Å². The normalized spacial score (nSPS) is 26.0. The molecule has 1 amide bonds. The van der Waals surface area contributed by atoms with Gasteiger partial charge in [-0.2, -0.15) is 0 Å². The SMILES string of the molecule is CC(C)(C)CN1CCC(Oc2ccc(C(=O)N3C[C@@H]4CCC[C@H]3C4)cc2Cl)CC1. The van der Waals surface area contributed by atoms with Gasteiger partial charge in [0.05, 0.1) is 5.02 Å². The molecule has 1 aliphatic carbocycles. The molecule has 4 nitrogen and oxygen atoms in total. The summed E-state index contributed by atoms with van der Waals surface area (Å²) in [5.41, 5.74) is 1.02. The quantitative estimate of drug-likeness (QED) is 0.669. The molecule has 0 spiro atoms. The molecule has 2 aliphatic heterocycles. The molecule has 0 aromatic heterocycles. The molecule has 160 valence electrons. The minimum atomic E-state index is 0.128. The zero-order chi connectivity index (χ0) is 20.6. The van der Waals surface area contributed by atoms with Gasteiger partial charge in [0.2, 0.25) is 0 Å². The summed E-state index contributed by atoms with van der Waals surface area (Å²) in [4.78, 5) is 17.6. The monoisotopic (exact) mass is 418 g/mol. The first kappa shape index (κ1) is 21.0. The number of hydrogen-bond donors (Lipinski definition) is 0. The van der Waals surface area contributed by atoms with E-state index in [9.17, 15) is 4.79 Å². The Kier molecular flexibility index (Phi) is 6.13. The number of piperidine rings is 1. The molecule has 2 heterocycles. The van der Waals surface area contributed by atoms with E-state index < -0.39 is 0 Å². The molecule has 4 rings (SSSR count). The maximum Gasteiger partial charge on any atom is 0.254 e. The smallest absolute Gasteiger partial charge is 0.254 e. The van der Waals surface area contributed by atoms with E-state index in [4.69, 9.17) is 16.3 Å². The van der Waals surface area contributed by atoms with E-state index in [0.717, 1.165) is 45.4 Å². The van der Waals surface area contributed by atoms with Crippen molar-refractivity contribution in [3.63, 3.8) is 0 Å². The van der Waals surface area contributed by atoms with Crippen LogP contribution in [0.2, 0.25) is 5.02 Å². The minimum Gasteiger partial charge on any atom is -0.489 e. The number of amides is 1. The molecular formula is C24H35ClN2O2. The molecule has 3 fully saturated rings. The second-order valence-electron chi connectivity index (χ2n) is 10.4. The van der Waals surface area contributed by atoms with Gasteiger partial charge in [-0.25, -0.2) is 0 Å². The lowest BCUT2D eigenvalue weighted by atomic mass is 9.90. The fourth-order valence-electron chi connectivity index (χ4n) is 5.32. The summed E-state index contributed by atoms with van der Waals surface area (Å²) in [5, 5.41) is 0.551. The fraction of sp³-hybridized carbons (Fsp3) is 0.708. The van der Waals surface area contributed by atoms with Crippen molar-refractivity contribution in [3.8, 4) is 5.75 Å². The van der Waals surface area contributed by atoms with Gasteiger partial charge in [0.25, 0.3) is 5.91 Å². The van der Waals surface area contributed by atoms with Crippen molar-refractivity contribution < 1.29 is 9.53 Å². The van der Waals surface area contributed by atoms with E-state index in [1.54, 1.807) is 6.07 Å². The number of ether oxygens (including phenoxy) is 1. The zero-order valence-corrected chi connectivity index (χ0v) is 18.9. The molecular weight excluding hydrogens is 384 g/mol. The van der Waals surface area contributed by atoms with Gasteiger partial charge in [0.1, 0.15) is 11.9 Å². The van der Waals surface area contributed by atoms with E-state index in [1.807, 2.05) is 12.1 Å². The van der Waals surface area contributed by atoms with Crippen LogP contribution >= 0.6 is 11.6 Å². The fourth-order valence-corrected chi connectivity index (χ4v) is 5.54. The van der Waals surface area contributed by atoms with Gasteiger partial charge in [0, 0.05) is 37.8 Å². The molecule has 0 unspecified atom stereocenters. The van der Waals surface area contributed by atoms with Gasteiger partial charge in [0.15, 0.2) is 0 Å². The van der Waals surface area contributed by atoms with Gasteiger partial charge < -0.3 is 14.5 Å². The molecule has 1 aromatic rings. The standard InChI is InChI=1S/C24H35ClN2O2/c1-24(2,3)16-26-11-9-20(10-12-26)29-22-8-7-18(14-21(22)25)23(28)27-15-17-5-4-6-19(27)13-17/h7-8,14,17,19-20H,4-6,9-13,15-16H2,1-3H3/t17-,19+/m1/s1. The van der Waals surface area contributed by atoms with Crippen molar-refractivity contribution in [3.05, 3.63) is 28.8 Å². The Bertz CT molecular complexity index is 737. The van der Waals surface area contributed by atoms with Crippen LogP contribution in [0.1, 0.15) is 69.7 Å². The number of carbonyl (C=O) groups excluding carboxylic acids is 1. The highest BCUT2D eigenvalue weighted by Gasteiger charge is 2.38. The third kappa shape index (κ3) is 5.08. The number of rotatable bonds is 4. The summed E-state index contributed by atoms with van der Waals surface area (Å²) in [6, 6.07) is 6.00. The summed E-state index contributed by atoms with van der Waals surface area (Å²) in [7, 11) is 0. The second-order valence-corrected chi connectivity index (χ2v) is 10.9. The molecule has 29 heavy (non-hydrogen) atoms. The molecule has 1 saturated carbocycles. The van der Waals surface area contributed by atoms with Crippen LogP contribution in [0.25, 0.3) is 0 Å². The minimum absolute atomic E-state index is 0.128. The average molecular weight is 419 g/mol. The van der Waals surface area contributed by atoms with Crippen LogP contribution in [0.15, 0.2) is 18.2 Å². The van der Waals surface area contributed by atoms with Gasteiger partial charge in [-0.05, 0) is 61.6 Å². The topological polar surface area (TPSA) is 32.8 Å². The third-order valence-corrected chi connectivity index (χ3v) is 6.91. The molecule has 2 saturated heterocycles. The first-order valence-electron chi connectivity index (χ1n) is 11.3. The second kappa shape index (κ2) is 8.47. The van der Waals surface area contributed by atoms with Crippen molar-refractivity contribution in [1.82, 2.24) is 9.80 Å². The van der Waals surface area contributed by atoms with Crippen LogP contribution in [-0.4, -0.2) is 54.0 Å². The van der Waals surface area contributed by atoms with Crippen molar-refractivity contribution >= 4 is 17.5 Å². The van der Waals surface area contributed by atoms with Gasteiger partial charge >= 0.3 is 0 Å². The van der Waals surface area contributed by atoms with E-state index in [2.05, 4.69) is 30.6 Å². The predicted octanol–water partition coefficient (Wildman–Crippen LogP) is 5.24. The average Bonchev–Trinajstić information content (AvgIpc) is 2.96. The predicted molar refractivity (Wildman–Crippen MR) is 118 cm³/mol. The molecule has 0 radical (unpaired) electrons. The van der Waals surface area contributed by atoms with Crippen LogP contribution in [0.5, 0.6) is 5.75 Å². The van der Waals surface area contributed by atoms with E-state index in [0.29, 0.717) is 33.7 Å². The van der Waals surface area contributed by atoms with Crippen molar-refractivity contribution in [1.29, 1.82) is 0 Å². The Hall–Kier alpha value is -1.26. The number of nitrogens with zero attached hydrogens (tertiary/aromatic N) is 2. The summed E-state index contributed by atoms with van der Waals surface area (Å²) >= 11 is 6.52. The largest absolute Gasteiger partial charge is 0.489 e. The van der Waals surface area contributed by atoms with Crippen LogP contribution in [0, 0.1) is 11.3 Å². The van der Waals surface area contributed by atoms with Crippen molar-refractivity contribution in [2.45, 2.75) is 71.4 Å². The Morgan fingerprint density at radius 3 is 2.59 bits per heavy atom. The Morgan fingerprint density at radius 2 is 1.93 bits per heavy atom. The van der Waals surface area contributed by atoms with Crippen LogP contribution in [0.3, 0.4) is 0 Å². The van der Waals surface area contributed by atoms with Crippen LogP contribution in [0.4, 0.5) is 0 Å². The Labute approximate surface area is 180 Å². The highest BCUT2D eigenvalue weighted by molar-refractivity contribution is 6.32. The zero-order valence-electron chi connectivity index (χ0n) is 18.1. The van der Waals surface area contributed by atoms with E-state index in [-0.39, 0.29) is 12.0 Å². The number of likely N-dealkylation sites (tertiary alicyclic amines) is 2. The molecule has 3 aliphatic rings. The van der Waals surface area contributed by atoms with Crippen LogP contribution in [-0.2, 0) is 0 Å². The lowest BCUT2D eigenvalue weighted by Gasteiger charge is -2.36. The highest BCUT2D eigenvalue weighted by atomic mass is 35.5. The lowest BCUT2D eigenvalue weighted by molar-refractivity contribution is 0.0732. The number of benzene rings is 1. The number of fused-ring (bicyclic) bond motifs is 2. The number of carbonyl (C=O) groups is 1. The molecule has 2 bridgehead atoms. The maximum atomic E-state index is 13.0. The number of hydrogen-bond acceptors (Lipinski definition) is 3. The Balaban J connectivity index is 1.34. The van der Waals surface area contributed by atoms with Gasteiger partial charge in [-0.15, -0.1) is 0 Å². The summed E-state index contributed by atoms with van der Waals surface area (Å²) in [6.07, 6.45) is 7.07. The third-order valence-electron chi connectivity index (χ3n) is 6.62. The number of halogens is 1. The van der Waals surface area contributed by atoms with Crippen LogP contribution < -0.4 is 4.74 Å². The molecule has 2 atom stereocenters. The molecule has 0 N–H and O–H groups in total. The Morgan fingerprint density at radius 1 is 1.17 bits per heavy atom. The van der Waals surface area contributed by atoms with Gasteiger partial charge in [-0.1, -0.05) is 38.8 Å². The van der Waals surface area contributed by atoms with Crippen molar-refractivity contribution in [2.75, 3.05) is 26.2 Å². The summed E-state index contributed by atoms with van der Waals surface area (Å²) in [6.45, 7) is 11.0. The summed E-state index contributed by atoms with van der Waals surface area (Å²) < 4.78 is 6.21. The highest BCUT2D eigenvalue weighted by Crippen LogP contribution is 2.37. The molecule has 5 heteroatoms. The maximum absolute atomic E-state index is 13.0. The lowest BCUT2D eigenvalue weighted by Crippen LogP contribution is -2.42. The van der Waals surface area contributed by atoms with E-state index in [1.165, 1.54) is 19.3 Å². The first-order valence-corrected chi connectivity index (χ1v) is 11.7. The van der Waals surface area contributed by atoms with E-state index >= 15 is 0 Å².